The van der Waals surface area contributed by atoms with Gasteiger partial charge in [0.1, 0.15) is 5.82 Å². The smallest absolute Gasteiger partial charge is 0.224 e. The summed E-state index contributed by atoms with van der Waals surface area (Å²) in [6, 6.07) is 10.9. The zero-order chi connectivity index (χ0) is 17.1. The molecule has 3 aromatic rings. The highest BCUT2D eigenvalue weighted by Crippen LogP contribution is 2.41. The van der Waals surface area contributed by atoms with Crippen molar-refractivity contribution in [3.8, 4) is 21.6 Å². The Morgan fingerprint density at radius 3 is 2.54 bits per heavy atom. The Kier molecular flexibility index (Phi) is 4.66. The number of nitrogens with zero attached hydrogens (tertiary/aromatic N) is 1. The maximum atomic E-state index is 13.5. The molecule has 0 saturated carbocycles. The van der Waals surface area contributed by atoms with Gasteiger partial charge in [-0.05, 0) is 35.4 Å². The third kappa shape index (κ3) is 3.49. The van der Waals surface area contributed by atoms with E-state index < -0.39 is 5.95 Å². The maximum Gasteiger partial charge on any atom is 0.224 e. The third-order valence-electron chi connectivity index (χ3n) is 3.46. The molecule has 1 amide bonds. The van der Waals surface area contributed by atoms with Gasteiger partial charge in [-0.2, -0.15) is 4.39 Å². The number of thiophene rings is 1. The van der Waals surface area contributed by atoms with Gasteiger partial charge in [-0.15, -0.1) is 11.3 Å². The van der Waals surface area contributed by atoms with Gasteiger partial charge in [-0.3, -0.25) is 4.79 Å². The second kappa shape index (κ2) is 6.88. The number of carbonyl (C=O) groups is 1. The monoisotopic (exact) mass is 344 g/mol. The van der Waals surface area contributed by atoms with Crippen LogP contribution in [-0.2, 0) is 4.79 Å². The fourth-order valence-corrected chi connectivity index (χ4v) is 3.37. The molecule has 0 aliphatic rings. The summed E-state index contributed by atoms with van der Waals surface area (Å²) in [6.07, 6.45) is 1.76. The number of nitrogens with one attached hydrogen (secondary N) is 1. The summed E-state index contributed by atoms with van der Waals surface area (Å²) in [5, 5.41) is 3.47. The van der Waals surface area contributed by atoms with Gasteiger partial charge < -0.3 is 5.32 Å². The molecule has 0 radical (unpaired) electrons. The van der Waals surface area contributed by atoms with Crippen molar-refractivity contribution >= 4 is 22.2 Å². The highest BCUT2D eigenvalue weighted by Gasteiger charge is 2.15. The summed E-state index contributed by atoms with van der Waals surface area (Å²) in [5.74, 6) is -1.01. The number of hydrogen-bond donors (Lipinski definition) is 1. The number of pyridine rings is 1. The molecule has 1 N–H and O–H groups in total. The Morgan fingerprint density at radius 2 is 1.88 bits per heavy atom. The lowest BCUT2D eigenvalue weighted by Crippen LogP contribution is -2.07. The summed E-state index contributed by atoms with van der Waals surface area (Å²) in [6.45, 7) is 1.77. The van der Waals surface area contributed by atoms with Gasteiger partial charge in [0.15, 0.2) is 0 Å². The zero-order valence-corrected chi connectivity index (χ0v) is 13.7. The summed E-state index contributed by atoms with van der Waals surface area (Å²) in [5.41, 5.74) is 2.25. The zero-order valence-electron chi connectivity index (χ0n) is 12.8. The number of halogens is 2. The number of amides is 1. The Morgan fingerprint density at radius 1 is 1.12 bits per heavy atom. The van der Waals surface area contributed by atoms with Crippen LogP contribution in [0.3, 0.4) is 0 Å². The Labute approximate surface area is 142 Å². The van der Waals surface area contributed by atoms with Crippen LogP contribution in [0.25, 0.3) is 21.6 Å². The van der Waals surface area contributed by atoms with E-state index in [0.29, 0.717) is 17.0 Å². The van der Waals surface area contributed by atoms with Gasteiger partial charge in [-0.1, -0.05) is 19.1 Å². The van der Waals surface area contributed by atoms with Crippen LogP contribution < -0.4 is 5.32 Å². The highest BCUT2D eigenvalue weighted by molar-refractivity contribution is 7.20. The molecule has 1 aromatic carbocycles. The number of aromatic nitrogens is 1. The van der Waals surface area contributed by atoms with E-state index in [9.17, 15) is 13.6 Å². The van der Waals surface area contributed by atoms with Crippen molar-refractivity contribution in [2.75, 3.05) is 5.32 Å². The van der Waals surface area contributed by atoms with E-state index in [1.165, 1.54) is 35.7 Å². The van der Waals surface area contributed by atoms with Crippen LogP contribution in [0.5, 0.6) is 0 Å². The topological polar surface area (TPSA) is 42.0 Å². The Bertz CT molecular complexity index is 875. The van der Waals surface area contributed by atoms with Crippen LogP contribution in [-0.4, -0.2) is 10.9 Å². The van der Waals surface area contributed by atoms with Crippen LogP contribution in [0, 0.1) is 11.8 Å². The molecule has 3 rings (SSSR count). The number of rotatable bonds is 4. The predicted molar refractivity (Wildman–Crippen MR) is 91.8 cm³/mol. The van der Waals surface area contributed by atoms with Crippen LogP contribution in [0.2, 0.25) is 0 Å². The molecule has 24 heavy (non-hydrogen) atoms. The number of anilines is 1. The van der Waals surface area contributed by atoms with E-state index in [2.05, 4.69) is 10.3 Å². The normalized spacial score (nSPS) is 10.6. The lowest BCUT2D eigenvalue weighted by atomic mass is 10.0. The van der Waals surface area contributed by atoms with Crippen molar-refractivity contribution in [3.05, 3.63) is 60.4 Å². The largest absolute Gasteiger partial charge is 0.318 e. The fraction of sp³-hybridized carbons (Fsp3) is 0.111. The second-order valence-corrected chi connectivity index (χ2v) is 6.18. The van der Waals surface area contributed by atoms with Gasteiger partial charge in [0.25, 0.3) is 0 Å². The lowest BCUT2D eigenvalue weighted by Gasteiger charge is -2.04. The van der Waals surface area contributed by atoms with Gasteiger partial charge >= 0.3 is 0 Å². The molecule has 122 valence electrons. The van der Waals surface area contributed by atoms with Crippen LogP contribution >= 0.6 is 11.3 Å². The van der Waals surface area contributed by atoms with Crippen molar-refractivity contribution < 1.29 is 13.6 Å². The first-order valence-corrected chi connectivity index (χ1v) is 8.20. The highest BCUT2D eigenvalue weighted by atomic mass is 32.1. The van der Waals surface area contributed by atoms with Gasteiger partial charge in [-0.25, -0.2) is 9.37 Å². The molecule has 0 unspecified atom stereocenters. The first-order valence-electron chi connectivity index (χ1n) is 7.38. The average molecular weight is 344 g/mol. The standard InChI is InChI=1S/C18H14F2N2OS/c1-2-16(23)22-17-10-14(11-3-5-13(19)6-4-11)18(24-17)12-7-8-21-15(20)9-12/h3-10H,2H2,1H3,(H,22,23). The van der Waals surface area contributed by atoms with Crippen molar-refractivity contribution in [3.63, 3.8) is 0 Å². The number of carbonyl (C=O) groups excluding carboxylic acids is 1. The number of hydrogen-bond acceptors (Lipinski definition) is 3. The van der Waals surface area contributed by atoms with Crippen molar-refractivity contribution in [2.45, 2.75) is 13.3 Å². The molecule has 3 nitrogen and oxygen atoms in total. The summed E-state index contributed by atoms with van der Waals surface area (Å²) < 4.78 is 26.7. The number of benzene rings is 1. The van der Waals surface area contributed by atoms with Crippen LogP contribution in [0.15, 0.2) is 48.7 Å². The minimum absolute atomic E-state index is 0.102. The molecule has 6 heteroatoms. The molecule has 2 aromatic heterocycles. The third-order valence-corrected chi connectivity index (χ3v) is 4.56. The van der Waals surface area contributed by atoms with E-state index in [1.807, 2.05) is 6.07 Å². The molecule has 0 aliphatic carbocycles. The molecule has 0 spiro atoms. The predicted octanol–water partition coefficient (Wildman–Crippen LogP) is 5.10. The van der Waals surface area contributed by atoms with E-state index in [4.69, 9.17) is 0 Å². The van der Waals surface area contributed by atoms with Gasteiger partial charge in [0.05, 0.1) is 5.00 Å². The maximum absolute atomic E-state index is 13.5. The van der Waals surface area contributed by atoms with Crippen LogP contribution in [0.1, 0.15) is 13.3 Å². The van der Waals surface area contributed by atoms with E-state index >= 15 is 0 Å². The molecule has 0 atom stereocenters. The second-order valence-electron chi connectivity index (χ2n) is 5.13. The molecule has 0 bridgehead atoms. The summed E-state index contributed by atoms with van der Waals surface area (Å²) >= 11 is 1.34. The molecular weight excluding hydrogens is 330 g/mol. The van der Waals surface area contributed by atoms with E-state index in [0.717, 1.165) is 16.0 Å². The van der Waals surface area contributed by atoms with E-state index in [1.54, 1.807) is 25.1 Å². The Hall–Kier alpha value is -2.60. The van der Waals surface area contributed by atoms with Crippen LogP contribution in [0.4, 0.5) is 13.8 Å². The molecule has 0 fully saturated rings. The first kappa shape index (κ1) is 16.3. The van der Waals surface area contributed by atoms with Crippen molar-refractivity contribution in [1.29, 1.82) is 0 Å². The Balaban J connectivity index is 2.11. The lowest BCUT2D eigenvalue weighted by molar-refractivity contribution is -0.115. The minimum atomic E-state index is -0.579. The summed E-state index contributed by atoms with van der Waals surface area (Å²) in [7, 11) is 0. The molecule has 2 heterocycles. The SMILES string of the molecule is CCC(=O)Nc1cc(-c2ccc(F)cc2)c(-c2ccnc(F)c2)s1. The average Bonchev–Trinajstić information content (AvgIpc) is 2.99. The van der Waals surface area contributed by atoms with Gasteiger partial charge in [0.2, 0.25) is 11.9 Å². The minimum Gasteiger partial charge on any atom is -0.318 e. The fourth-order valence-electron chi connectivity index (χ4n) is 2.28. The summed E-state index contributed by atoms with van der Waals surface area (Å²) in [4.78, 5) is 16.0. The van der Waals surface area contributed by atoms with Crippen molar-refractivity contribution in [2.24, 2.45) is 0 Å². The first-order chi connectivity index (χ1) is 11.6. The quantitative estimate of drug-likeness (QED) is 0.669. The van der Waals surface area contributed by atoms with Crippen molar-refractivity contribution in [1.82, 2.24) is 4.98 Å². The molecule has 0 aliphatic heterocycles. The van der Waals surface area contributed by atoms with E-state index in [-0.39, 0.29) is 11.7 Å². The molecule has 0 saturated heterocycles. The molecular formula is C18H14F2N2OS. The van der Waals surface area contributed by atoms with Gasteiger partial charge in [0, 0.05) is 29.1 Å².